The normalized spacial score (nSPS) is 16.2. The van der Waals surface area contributed by atoms with Crippen molar-refractivity contribution in [3.63, 3.8) is 0 Å². The van der Waals surface area contributed by atoms with E-state index in [4.69, 9.17) is 9.72 Å². The van der Waals surface area contributed by atoms with Gasteiger partial charge in [-0.2, -0.15) is 23.0 Å². The molecule has 0 aliphatic carbocycles. The summed E-state index contributed by atoms with van der Waals surface area (Å²) < 4.78 is 46.1. The van der Waals surface area contributed by atoms with E-state index >= 15 is 0 Å². The zero-order valence-electron chi connectivity index (χ0n) is 18.2. The van der Waals surface area contributed by atoms with Gasteiger partial charge in [0.15, 0.2) is 0 Å². The molecule has 0 saturated carbocycles. The van der Waals surface area contributed by atoms with Crippen molar-refractivity contribution >= 4 is 27.8 Å². The Bertz CT molecular complexity index is 1430. The van der Waals surface area contributed by atoms with Crippen molar-refractivity contribution in [3.8, 4) is 0 Å². The van der Waals surface area contributed by atoms with Crippen LogP contribution in [0.5, 0.6) is 0 Å². The maximum atomic E-state index is 13.3. The van der Waals surface area contributed by atoms with Crippen LogP contribution in [0.1, 0.15) is 39.7 Å². The smallest absolute Gasteiger partial charge is 0.374 e. The van der Waals surface area contributed by atoms with Crippen LogP contribution in [0.4, 0.5) is 18.0 Å². The summed E-state index contributed by atoms with van der Waals surface area (Å²) in [4.78, 5) is 18.1. The van der Waals surface area contributed by atoms with Gasteiger partial charge in [-0.1, -0.05) is 24.3 Å². The fourth-order valence-corrected chi connectivity index (χ4v) is 4.53. The molecule has 0 radical (unpaired) electrons. The Morgan fingerprint density at radius 3 is 2.70 bits per heavy atom. The molecule has 0 unspecified atom stereocenters. The molecule has 1 N–H and O–H groups in total. The van der Waals surface area contributed by atoms with Crippen LogP contribution in [0, 0.1) is 20.8 Å². The predicted molar refractivity (Wildman–Crippen MR) is 117 cm³/mol. The van der Waals surface area contributed by atoms with Crippen LogP contribution in [0.25, 0.3) is 21.8 Å². The van der Waals surface area contributed by atoms with E-state index in [-0.39, 0.29) is 13.2 Å². The van der Waals surface area contributed by atoms with Crippen molar-refractivity contribution in [1.29, 1.82) is 0 Å². The number of alkyl halides is 3. The topological polar surface area (TPSA) is 69.0 Å². The van der Waals surface area contributed by atoms with Crippen molar-refractivity contribution in [1.82, 2.24) is 20.1 Å². The number of aryl methyl sites for hydroxylation is 3. The molecule has 2 aromatic heterocycles. The Hall–Kier alpha value is -3.46. The number of pyridine rings is 1. The summed E-state index contributed by atoms with van der Waals surface area (Å²) in [7, 11) is 0. The molecule has 4 aromatic rings. The third-order valence-electron chi connectivity index (χ3n) is 6.07. The van der Waals surface area contributed by atoms with E-state index in [1.807, 2.05) is 39.0 Å². The molecular weight excluding hydrogens is 433 g/mol. The zero-order valence-corrected chi connectivity index (χ0v) is 18.2. The average Bonchev–Trinajstić information content (AvgIpc) is 3.12. The molecule has 0 saturated heterocycles. The number of halogens is 3. The first-order valence-electron chi connectivity index (χ1n) is 10.5. The summed E-state index contributed by atoms with van der Waals surface area (Å²) in [6.07, 6.45) is -4.44. The number of hydrogen-bond acceptors (Lipinski definition) is 4. The predicted octanol–water partition coefficient (Wildman–Crippen LogP) is 5.36. The third kappa shape index (κ3) is 3.52. The van der Waals surface area contributed by atoms with Gasteiger partial charge in [0.1, 0.15) is 0 Å². The van der Waals surface area contributed by atoms with Crippen molar-refractivity contribution in [2.75, 3.05) is 6.61 Å². The molecule has 0 spiro atoms. The van der Waals surface area contributed by atoms with Gasteiger partial charge in [-0.25, -0.2) is 4.79 Å². The molecule has 1 amide bonds. The molecule has 170 valence electrons. The van der Waals surface area contributed by atoms with Crippen LogP contribution in [-0.2, 0) is 17.5 Å². The first kappa shape index (κ1) is 21.4. The van der Waals surface area contributed by atoms with E-state index in [0.717, 1.165) is 39.7 Å². The fraction of sp³-hybridized carbons (Fsp3) is 0.292. The molecule has 1 aliphatic heterocycles. The highest BCUT2D eigenvalue weighted by molar-refractivity contribution is 6.09. The van der Waals surface area contributed by atoms with Crippen molar-refractivity contribution in [2.24, 2.45) is 0 Å². The van der Waals surface area contributed by atoms with E-state index in [1.54, 1.807) is 0 Å². The van der Waals surface area contributed by atoms with Gasteiger partial charge in [0, 0.05) is 16.5 Å². The number of benzene rings is 2. The van der Waals surface area contributed by atoms with Gasteiger partial charge in [0.05, 0.1) is 41.5 Å². The molecular formula is C24H21F3N4O2. The Labute approximate surface area is 187 Å². The highest BCUT2D eigenvalue weighted by Crippen LogP contribution is 2.34. The standard InChI is InChI=1S/C24H21F3N4O2/c1-12-5-4-6-18-21(12)28-13(2)20-14(3)30-31(22(18)20)23(32)29-19-11-33-10-15-9-16(24(25,26)27)7-8-17(15)19/h4-9,19H,10-11H2,1-3H3,(H,29,32)/t19-/m1/s1. The molecule has 6 nitrogen and oxygen atoms in total. The van der Waals surface area contributed by atoms with Gasteiger partial charge in [-0.15, -0.1) is 0 Å². The summed E-state index contributed by atoms with van der Waals surface area (Å²) in [6.45, 7) is 5.88. The Morgan fingerprint density at radius 2 is 1.94 bits per heavy atom. The minimum atomic E-state index is -4.44. The molecule has 0 bridgehead atoms. The molecule has 0 fully saturated rings. The Kier molecular flexibility index (Phi) is 4.89. The second-order valence-electron chi connectivity index (χ2n) is 8.32. The quantitative estimate of drug-likeness (QED) is 0.421. The van der Waals surface area contributed by atoms with Gasteiger partial charge >= 0.3 is 12.2 Å². The molecule has 3 heterocycles. The molecule has 33 heavy (non-hydrogen) atoms. The number of carbonyl (C=O) groups is 1. The number of rotatable bonds is 1. The van der Waals surface area contributed by atoms with Gasteiger partial charge < -0.3 is 10.1 Å². The molecule has 9 heteroatoms. The lowest BCUT2D eigenvalue weighted by molar-refractivity contribution is -0.137. The minimum absolute atomic E-state index is 0.0597. The second-order valence-corrected chi connectivity index (χ2v) is 8.32. The van der Waals surface area contributed by atoms with Crippen LogP contribution in [0.3, 0.4) is 0 Å². The first-order chi connectivity index (χ1) is 15.6. The van der Waals surface area contributed by atoms with Crippen molar-refractivity contribution in [3.05, 3.63) is 70.0 Å². The van der Waals surface area contributed by atoms with E-state index in [1.165, 1.54) is 10.7 Å². The number of carbonyl (C=O) groups excluding carboxylic acids is 1. The average molecular weight is 454 g/mol. The van der Waals surface area contributed by atoms with E-state index in [9.17, 15) is 18.0 Å². The lowest BCUT2D eigenvalue weighted by atomic mass is 9.96. The largest absolute Gasteiger partial charge is 0.416 e. The minimum Gasteiger partial charge on any atom is -0.374 e. The number of fused-ring (bicyclic) bond motifs is 4. The van der Waals surface area contributed by atoms with Crippen LogP contribution >= 0.6 is 0 Å². The van der Waals surface area contributed by atoms with Crippen LogP contribution in [0.2, 0.25) is 0 Å². The summed E-state index contributed by atoms with van der Waals surface area (Å²) in [5.74, 6) is 0. The Balaban J connectivity index is 1.57. The fourth-order valence-electron chi connectivity index (χ4n) is 4.53. The van der Waals surface area contributed by atoms with Crippen molar-refractivity contribution < 1.29 is 22.7 Å². The monoisotopic (exact) mass is 454 g/mol. The number of hydrogen-bond donors (Lipinski definition) is 1. The van der Waals surface area contributed by atoms with Crippen LogP contribution < -0.4 is 5.32 Å². The van der Waals surface area contributed by atoms with Gasteiger partial charge in [-0.05, 0) is 49.6 Å². The van der Waals surface area contributed by atoms with E-state index in [0.29, 0.717) is 22.3 Å². The zero-order chi connectivity index (χ0) is 23.5. The summed E-state index contributed by atoms with van der Waals surface area (Å²) in [5, 5.41) is 8.97. The second kappa shape index (κ2) is 7.55. The van der Waals surface area contributed by atoms with Crippen LogP contribution in [0.15, 0.2) is 36.4 Å². The van der Waals surface area contributed by atoms with Gasteiger partial charge in [0.25, 0.3) is 0 Å². The van der Waals surface area contributed by atoms with Crippen LogP contribution in [-0.4, -0.2) is 27.4 Å². The van der Waals surface area contributed by atoms with Crippen molar-refractivity contribution in [2.45, 2.75) is 39.6 Å². The number of nitrogens with one attached hydrogen (secondary N) is 1. The number of ether oxygens (including phenoxy) is 1. The van der Waals surface area contributed by atoms with Gasteiger partial charge in [-0.3, -0.25) is 4.98 Å². The first-order valence-corrected chi connectivity index (χ1v) is 10.5. The maximum Gasteiger partial charge on any atom is 0.416 e. The van der Waals surface area contributed by atoms with Gasteiger partial charge in [0.2, 0.25) is 0 Å². The number of aromatic nitrogens is 3. The number of amides is 1. The summed E-state index contributed by atoms with van der Waals surface area (Å²) in [5.41, 5.74) is 4.15. The summed E-state index contributed by atoms with van der Waals surface area (Å²) in [6, 6.07) is 8.20. The third-order valence-corrected chi connectivity index (χ3v) is 6.07. The Morgan fingerprint density at radius 1 is 1.15 bits per heavy atom. The maximum absolute atomic E-state index is 13.3. The van der Waals surface area contributed by atoms with E-state index in [2.05, 4.69) is 10.4 Å². The summed E-state index contributed by atoms with van der Waals surface area (Å²) >= 11 is 0. The highest BCUT2D eigenvalue weighted by Gasteiger charge is 2.33. The molecule has 1 atom stereocenters. The molecule has 1 aliphatic rings. The van der Waals surface area contributed by atoms with E-state index < -0.39 is 23.8 Å². The lowest BCUT2D eigenvalue weighted by Crippen LogP contribution is -2.37. The molecule has 5 rings (SSSR count). The molecule has 2 aromatic carbocycles. The number of para-hydroxylation sites is 1. The SMILES string of the molecule is Cc1cccc2c1nc(C)c1c(C)nn(C(=O)N[C@@H]3COCc4cc(C(F)(F)F)ccc43)c12. The highest BCUT2D eigenvalue weighted by atomic mass is 19.4. The lowest BCUT2D eigenvalue weighted by Gasteiger charge is -2.27. The number of nitrogens with zero attached hydrogens (tertiary/aromatic N) is 3.